The Kier molecular flexibility index (Phi) is 5.15. The van der Waals surface area contributed by atoms with Gasteiger partial charge < -0.3 is 20.1 Å². The summed E-state index contributed by atoms with van der Waals surface area (Å²) in [5, 5.41) is 5.41. The fourth-order valence-corrected chi connectivity index (χ4v) is 3.70. The van der Waals surface area contributed by atoms with Crippen LogP contribution in [-0.2, 0) is 15.1 Å². The monoisotopic (exact) mass is 473 g/mol. The zero-order chi connectivity index (χ0) is 21.5. The fourth-order valence-electron chi connectivity index (χ4n) is 3.46. The number of carbonyl (C=O) groups excluding carboxylic acids is 3. The van der Waals surface area contributed by atoms with Gasteiger partial charge in [-0.25, -0.2) is 4.79 Å². The smallest absolute Gasteiger partial charge is 0.325 e. The quantitative estimate of drug-likeness (QED) is 0.665. The number of amides is 4. The lowest BCUT2D eigenvalue weighted by Gasteiger charge is -2.25. The number of hydrogen-bond donors (Lipinski definition) is 2. The molecule has 0 saturated carbocycles. The number of fused-ring (bicyclic) bond motifs is 1. The maximum absolute atomic E-state index is 13.1. The Labute approximate surface area is 181 Å². The Morgan fingerprint density at radius 1 is 1.17 bits per heavy atom. The number of nitrogens with one attached hydrogen (secondary N) is 2. The van der Waals surface area contributed by atoms with Crippen LogP contribution in [0.3, 0.4) is 0 Å². The van der Waals surface area contributed by atoms with Crippen LogP contribution in [0.5, 0.6) is 11.5 Å². The molecule has 0 unspecified atom stereocenters. The molecule has 0 radical (unpaired) electrons. The number of hydrogen-bond acceptors (Lipinski definition) is 5. The van der Waals surface area contributed by atoms with Gasteiger partial charge in [-0.15, -0.1) is 0 Å². The first-order valence-electron chi connectivity index (χ1n) is 9.38. The van der Waals surface area contributed by atoms with Crippen molar-refractivity contribution in [1.82, 2.24) is 10.2 Å². The highest BCUT2D eigenvalue weighted by Gasteiger charge is 2.49. The van der Waals surface area contributed by atoms with Crippen molar-refractivity contribution in [1.29, 1.82) is 0 Å². The van der Waals surface area contributed by atoms with E-state index in [-0.39, 0.29) is 6.54 Å². The highest BCUT2D eigenvalue weighted by molar-refractivity contribution is 9.10. The Hall–Kier alpha value is -3.07. The molecule has 0 spiro atoms. The molecule has 30 heavy (non-hydrogen) atoms. The van der Waals surface area contributed by atoms with Gasteiger partial charge in [0.15, 0.2) is 11.5 Å². The minimum atomic E-state index is -1.30. The Morgan fingerprint density at radius 3 is 2.63 bits per heavy atom. The van der Waals surface area contributed by atoms with Crippen LogP contribution in [0.4, 0.5) is 10.5 Å². The van der Waals surface area contributed by atoms with E-state index in [2.05, 4.69) is 26.6 Å². The van der Waals surface area contributed by atoms with Gasteiger partial charge in [0, 0.05) is 10.2 Å². The molecule has 0 aromatic heterocycles. The molecule has 1 fully saturated rings. The molecule has 9 heteroatoms. The summed E-state index contributed by atoms with van der Waals surface area (Å²) in [5.74, 6) is 0.133. The molecule has 2 aromatic carbocycles. The molecular formula is C21H20BrN3O5. The van der Waals surface area contributed by atoms with Crippen LogP contribution < -0.4 is 20.1 Å². The highest BCUT2D eigenvalue weighted by atomic mass is 79.9. The van der Waals surface area contributed by atoms with E-state index in [4.69, 9.17) is 9.47 Å². The number of nitrogens with zero attached hydrogens (tertiary/aromatic N) is 1. The number of carbonyl (C=O) groups is 3. The lowest BCUT2D eigenvalue weighted by Crippen LogP contribution is -2.42. The number of benzene rings is 2. The van der Waals surface area contributed by atoms with Crippen molar-refractivity contribution in [3.05, 3.63) is 52.0 Å². The van der Waals surface area contributed by atoms with E-state index in [0.717, 1.165) is 14.9 Å². The van der Waals surface area contributed by atoms with E-state index in [1.807, 2.05) is 13.0 Å². The summed E-state index contributed by atoms with van der Waals surface area (Å²) < 4.78 is 12.0. The summed E-state index contributed by atoms with van der Waals surface area (Å²) in [5.41, 5.74) is 0.786. The second-order valence-corrected chi connectivity index (χ2v) is 8.17. The van der Waals surface area contributed by atoms with Gasteiger partial charge in [-0.2, -0.15) is 0 Å². The second kappa shape index (κ2) is 7.64. The summed E-state index contributed by atoms with van der Waals surface area (Å²) in [4.78, 5) is 39.0. The first kappa shape index (κ1) is 20.2. The summed E-state index contributed by atoms with van der Waals surface area (Å²) in [6, 6.07) is 9.82. The largest absolute Gasteiger partial charge is 0.486 e. The molecule has 2 aliphatic heterocycles. The maximum atomic E-state index is 13.1. The molecule has 2 aliphatic rings. The molecule has 4 amide bonds. The normalized spacial score (nSPS) is 20.2. The van der Waals surface area contributed by atoms with Crippen molar-refractivity contribution in [3.63, 3.8) is 0 Å². The number of rotatable bonds is 4. The van der Waals surface area contributed by atoms with E-state index < -0.39 is 23.4 Å². The predicted molar refractivity (Wildman–Crippen MR) is 113 cm³/mol. The van der Waals surface area contributed by atoms with Gasteiger partial charge in [0.05, 0.1) is 0 Å². The molecule has 2 N–H and O–H groups in total. The minimum Gasteiger partial charge on any atom is -0.486 e. The summed E-state index contributed by atoms with van der Waals surface area (Å²) >= 11 is 3.40. The third-order valence-corrected chi connectivity index (χ3v) is 6.03. The Bertz CT molecular complexity index is 1060. The van der Waals surface area contributed by atoms with Crippen LogP contribution in [0, 0.1) is 6.92 Å². The van der Waals surface area contributed by atoms with Gasteiger partial charge in [-0.05, 0) is 55.3 Å². The number of imide groups is 1. The number of halogens is 1. The number of anilines is 1. The van der Waals surface area contributed by atoms with Gasteiger partial charge in [-0.3, -0.25) is 14.5 Å². The van der Waals surface area contributed by atoms with Crippen LogP contribution in [-0.4, -0.2) is 42.5 Å². The van der Waals surface area contributed by atoms with Crippen molar-refractivity contribution < 1.29 is 23.9 Å². The third-order valence-electron chi connectivity index (χ3n) is 5.14. The lowest BCUT2D eigenvalue weighted by atomic mass is 9.91. The van der Waals surface area contributed by atoms with Crippen LogP contribution in [0.25, 0.3) is 0 Å². The maximum Gasteiger partial charge on any atom is 0.325 e. The lowest BCUT2D eigenvalue weighted by molar-refractivity contribution is -0.133. The first-order valence-corrected chi connectivity index (χ1v) is 10.2. The van der Waals surface area contributed by atoms with Crippen molar-refractivity contribution in [2.45, 2.75) is 19.4 Å². The van der Waals surface area contributed by atoms with Gasteiger partial charge in [-0.1, -0.05) is 22.0 Å². The first-order chi connectivity index (χ1) is 14.3. The van der Waals surface area contributed by atoms with Crippen LogP contribution >= 0.6 is 15.9 Å². The van der Waals surface area contributed by atoms with E-state index in [1.165, 1.54) is 0 Å². The van der Waals surface area contributed by atoms with E-state index >= 15 is 0 Å². The van der Waals surface area contributed by atoms with Gasteiger partial charge in [0.25, 0.3) is 5.91 Å². The molecule has 156 valence electrons. The molecule has 2 aromatic rings. The molecule has 1 saturated heterocycles. The molecule has 8 nitrogen and oxygen atoms in total. The molecule has 4 rings (SSSR count). The number of ether oxygens (including phenoxy) is 2. The van der Waals surface area contributed by atoms with E-state index in [0.29, 0.717) is 36.0 Å². The standard InChI is InChI=1S/C21H20BrN3O5/c1-12-9-14(4-5-15(12)22)23-18(26)11-25-19(27)21(2,24-20(25)28)13-3-6-16-17(10-13)30-8-7-29-16/h3-6,9-10H,7-8,11H2,1-2H3,(H,23,26)(H,24,28)/t21-/m1/s1. The highest BCUT2D eigenvalue weighted by Crippen LogP contribution is 2.36. The van der Waals surface area contributed by atoms with Crippen molar-refractivity contribution >= 4 is 39.5 Å². The van der Waals surface area contributed by atoms with Gasteiger partial charge in [0.2, 0.25) is 5.91 Å². The summed E-state index contributed by atoms with van der Waals surface area (Å²) in [7, 11) is 0. The third kappa shape index (κ3) is 3.60. The van der Waals surface area contributed by atoms with Crippen molar-refractivity contribution in [2.24, 2.45) is 0 Å². The number of urea groups is 1. The van der Waals surface area contributed by atoms with Crippen LogP contribution in [0.1, 0.15) is 18.1 Å². The Balaban J connectivity index is 1.50. The van der Waals surface area contributed by atoms with Gasteiger partial charge >= 0.3 is 6.03 Å². The molecule has 0 bridgehead atoms. The zero-order valence-corrected chi connectivity index (χ0v) is 18.0. The fraction of sp³-hybridized carbons (Fsp3) is 0.286. The average molecular weight is 474 g/mol. The van der Waals surface area contributed by atoms with E-state index in [9.17, 15) is 14.4 Å². The average Bonchev–Trinajstić information content (AvgIpc) is 2.94. The molecule has 1 atom stereocenters. The van der Waals surface area contributed by atoms with Crippen LogP contribution in [0.2, 0.25) is 0 Å². The Morgan fingerprint density at radius 2 is 1.90 bits per heavy atom. The van der Waals surface area contributed by atoms with Gasteiger partial charge in [0.1, 0.15) is 25.3 Å². The molecule has 0 aliphatic carbocycles. The SMILES string of the molecule is Cc1cc(NC(=O)CN2C(=O)N[C@](C)(c3ccc4c(c3)OCCO4)C2=O)ccc1Br. The van der Waals surface area contributed by atoms with Crippen molar-refractivity contribution in [3.8, 4) is 11.5 Å². The predicted octanol–water partition coefficient (Wildman–Crippen LogP) is 2.93. The summed E-state index contributed by atoms with van der Waals surface area (Å²) in [6.45, 7) is 3.99. The molecule has 2 heterocycles. The number of aryl methyl sites for hydroxylation is 1. The minimum absolute atomic E-state index is 0.389. The summed E-state index contributed by atoms with van der Waals surface area (Å²) in [6.07, 6.45) is 0. The zero-order valence-electron chi connectivity index (χ0n) is 16.5. The van der Waals surface area contributed by atoms with Crippen LogP contribution in [0.15, 0.2) is 40.9 Å². The topological polar surface area (TPSA) is 97.0 Å². The molecular weight excluding hydrogens is 454 g/mol. The van der Waals surface area contributed by atoms with Crippen molar-refractivity contribution in [2.75, 3.05) is 25.1 Å². The van der Waals surface area contributed by atoms with E-state index in [1.54, 1.807) is 37.3 Å². The second-order valence-electron chi connectivity index (χ2n) is 7.32.